The third-order valence-electron chi connectivity index (χ3n) is 2.85. The van der Waals surface area contributed by atoms with Crippen LogP contribution in [0.1, 0.15) is 0 Å². The zero-order chi connectivity index (χ0) is 16.1. The average Bonchev–Trinajstić information content (AvgIpc) is 3.02. The number of nitrogens with two attached hydrogens (primary N) is 1. The van der Waals surface area contributed by atoms with E-state index in [1.54, 1.807) is 6.20 Å². The summed E-state index contributed by atoms with van der Waals surface area (Å²) in [6, 6.07) is 0. The Bertz CT molecular complexity index is 687. The van der Waals surface area contributed by atoms with Crippen molar-refractivity contribution in [2.75, 3.05) is 42.8 Å². The van der Waals surface area contributed by atoms with Crippen LogP contribution in [0, 0.1) is 0 Å². The molecular formula is C11H14N8O3S. The lowest BCUT2D eigenvalue weighted by Crippen LogP contribution is -2.62. The van der Waals surface area contributed by atoms with Gasteiger partial charge >= 0.3 is 5.88 Å². The van der Waals surface area contributed by atoms with Crippen molar-refractivity contribution in [1.29, 1.82) is 0 Å². The molecule has 1 fully saturated rings. The Balaban J connectivity index is 1.58. The maximum absolute atomic E-state index is 11.8. The smallest absolute Gasteiger partial charge is 0.324 e. The number of hydrogen-bond donors (Lipinski definition) is 1. The number of aliphatic imine (C=N–C) groups is 1. The van der Waals surface area contributed by atoms with Gasteiger partial charge in [0.25, 0.3) is 6.20 Å². The van der Waals surface area contributed by atoms with E-state index in [-0.39, 0.29) is 23.5 Å². The number of hydrogen-bond acceptors (Lipinski definition) is 11. The van der Waals surface area contributed by atoms with Crippen LogP contribution in [-0.4, -0.2) is 58.2 Å². The van der Waals surface area contributed by atoms with Crippen molar-refractivity contribution in [3.8, 4) is 0 Å². The molecular weight excluding hydrogens is 324 g/mol. The fraction of sp³-hybridized carbons (Fsp3) is 0.455. The van der Waals surface area contributed by atoms with Crippen LogP contribution in [0.3, 0.4) is 0 Å². The van der Waals surface area contributed by atoms with Gasteiger partial charge in [-0.05, 0) is 5.90 Å². The van der Waals surface area contributed by atoms with Gasteiger partial charge in [0.15, 0.2) is 5.16 Å². The molecule has 0 atom stereocenters. The summed E-state index contributed by atoms with van der Waals surface area (Å²) in [5.41, 5.74) is 5.44. The maximum atomic E-state index is 11.8. The molecule has 3 heterocycles. The standard InChI is InChI=1S/C11H14N8O3S/c12-10-13-7-14-11(16-10)23-6-8(20)15-9-5-19(17-22-9)18-1-3-21-4-2-18/h5,7H,1-4,6H2,(H2-,12,13,14,15,16,17,20). The highest BCUT2D eigenvalue weighted by Crippen LogP contribution is 2.13. The molecule has 2 N–H and O–H groups in total. The summed E-state index contributed by atoms with van der Waals surface area (Å²) >= 11 is 1.12. The zero-order valence-electron chi connectivity index (χ0n) is 12.0. The average molecular weight is 338 g/mol. The quantitative estimate of drug-likeness (QED) is 0.278. The third kappa shape index (κ3) is 4.26. The van der Waals surface area contributed by atoms with Gasteiger partial charge in [0.05, 0.1) is 31.1 Å². The van der Waals surface area contributed by atoms with Gasteiger partial charge in [-0.2, -0.15) is 4.98 Å². The lowest BCUT2D eigenvalue weighted by Gasteiger charge is -2.18. The molecule has 12 heteroatoms. The largest absolute Gasteiger partial charge is 0.861 e. The second kappa shape index (κ2) is 7.19. The van der Waals surface area contributed by atoms with Gasteiger partial charge in [-0.25, -0.2) is 15.0 Å². The summed E-state index contributed by atoms with van der Waals surface area (Å²) in [6.07, 6.45) is 2.84. The van der Waals surface area contributed by atoms with Gasteiger partial charge in [-0.1, -0.05) is 11.8 Å². The van der Waals surface area contributed by atoms with Gasteiger partial charge < -0.3 is 15.6 Å². The number of nitrogen functional groups attached to an aromatic ring is 1. The first-order valence-electron chi connectivity index (χ1n) is 6.74. The van der Waals surface area contributed by atoms with E-state index in [1.165, 1.54) is 11.1 Å². The highest BCUT2D eigenvalue weighted by molar-refractivity contribution is 7.99. The number of morpholine rings is 1. The van der Waals surface area contributed by atoms with Crippen LogP contribution < -0.4 is 20.6 Å². The summed E-state index contributed by atoms with van der Waals surface area (Å²) < 4.78 is 10.3. The minimum Gasteiger partial charge on any atom is -0.861 e. The SMILES string of the molecule is Nc1ncnc(SC/C([O-])=N\c2c[n+](N3CCOCC3)no2)n1. The monoisotopic (exact) mass is 338 g/mol. The normalized spacial score (nSPS) is 15.8. The van der Waals surface area contributed by atoms with Gasteiger partial charge in [0.2, 0.25) is 11.2 Å². The van der Waals surface area contributed by atoms with E-state index in [9.17, 15) is 5.11 Å². The van der Waals surface area contributed by atoms with Crippen molar-refractivity contribution in [3.05, 3.63) is 12.5 Å². The van der Waals surface area contributed by atoms with Crippen LogP contribution in [-0.2, 0) is 4.74 Å². The Morgan fingerprint density at radius 1 is 1.43 bits per heavy atom. The Kier molecular flexibility index (Phi) is 4.83. The predicted octanol–water partition coefficient (Wildman–Crippen LogP) is -2.12. The Morgan fingerprint density at radius 3 is 3.04 bits per heavy atom. The van der Waals surface area contributed by atoms with Gasteiger partial charge in [-0.15, -0.1) is 5.01 Å². The van der Waals surface area contributed by atoms with Crippen molar-refractivity contribution in [1.82, 2.24) is 20.2 Å². The van der Waals surface area contributed by atoms with Crippen molar-refractivity contribution in [2.45, 2.75) is 5.16 Å². The summed E-state index contributed by atoms with van der Waals surface area (Å²) in [5, 5.41) is 18.0. The molecule has 1 saturated heterocycles. The third-order valence-corrected chi connectivity index (χ3v) is 3.70. The minimum absolute atomic E-state index is 0.0572. The highest BCUT2D eigenvalue weighted by atomic mass is 32.2. The molecule has 0 unspecified atom stereocenters. The van der Waals surface area contributed by atoms with Crippen molar-refractivity contribution >= 4 is 29.5 Å². The van der Waals surface area contributed by atoms with Crippen LogP contribution in [0.2, 0.25) is 0 Å². The second-order valence-corrected chi connectivity index (χ2v) is 5.39. The number of rotatable bonds is 5. The lowest BCUT2D eigenvalue weighted by atomic mass is 10.5. The molecule has 1 aliphatic heterocycles. The molecule has 0 aliphatic carbocycles. The first-order valence-corrected chi connectivity index (χ1v) is 7.73. The van der Waals surface area contributed by atoms with E-state index in [2.05, 4.69) is 25.2 Å². The van der Waals surface area contributed by atoms with Gasteiger partial charge in [-0.3, -0.25) is 4.52 Å². The molecule has 2 aromatic heterocycles. The molecule has 122 valence electrons. The molecule has 0 spiro atoms. The Labute approximate surface area is 135 Å². The first kappa shape index (κ1) is 15.4. The van der Waals surface area contributed by atoms with Crippen LogP contribution in [0.25, 0.3) is 0 Å². The van der Waals surface area contributed by atoms with Crippen molar-refractivity contribution in [3.63, 3.8) is 0 Å². The number of aromatic nitrogens is 5. The summed E-state index contributed by atoms with van der Waals surface area (Å²) in [4.78, 5) is 16.8. The molecule has 0 saturated carbocycles. The molecule has 23 heavy (non-hydrogen) atoms. The molecule has 2 aromatic rings. The van der Waals surface area contributed by atoms with Gasteiger partial charge in [0.1, 0.15) is 6.33 Å². The molecule has 1 aliphatic rings. The van der Waals surface area contributed by atoms with E-state index in [0.29, 0.717) is 31.5 Å². The highest BCUT2D eigenvalue weighted by Gasteiger charge is 2.22. The molecule has 0 amide bonds. The van der Waals surface area contributed by atoms with E-state index >= 15 is 0 Å². The van der Waals surface area contributed by atoms with Crippen LogP contribution >= 0.6 is 11.8 Å². The van der Waals surface area contributed by atoms with Crippen LogP contribution in [0.5, 0.6) is 0 Å². The van der Waals surface area contributed by atoms with Crippen LogP contribution in [0.4, 0.5) is 11.8 Å². The summed E-state index contributed by atoms with van der Waals surface area (Å²) in [6.45, 7) is 2.64. The fourth-order valence-electron chi connectivity index (χ4n) is 1.81. The molecule has 0 radical (unpaired) electrons. The molecule has 0 aromatic carbocycles. The van der Waals surface area contributed by atoms with Crippen LogP contribution in [0.15, 0.2) is 27.2 Å². The first-order chi connectivity index (χ1) is 11.2. The molecule has 0 bridgehead atoms. The second-order valence-electron chi connectivity index (χ2n) is 4.45. The predicted molar refractivity (Wildman–Crippen MR) is 77.5 cm³/mol. The number of thioether (sulfide) groups is 1. The van der Waals surface area contributed by atoms with Gasteiger partial charge in [0, 0.05) is 5.75 Å². The van der Waals surface area contributed by atoms with E-state index in [1.807, 2.05) is 5.01 Å². The molecule has 11 nitrogen and oxygen atoms in total. The van der Waals surface area contributed by atoms with E-state index in [4.69, 9.17) is 15.0 Å². The van der Waals surface area contributed by atoms with Crippen molar-refractivity contribution < 1.29 is 19.2 Å². The van der Waals surface area contributed by atoms with E-state index in [0.717, 1.165) is 11.8 Å². The number of nitrogens with zero attached hydrogens (tertiary/aromatic N) is 7. The summed E-state index contributed by atoms with van der Waals surface area (Å²) in [5.74, 6) is -0.0907. The fourth-order valence-corrected chi connectivity index (χ4v) is 2.41. The summed E-state index contributed by atoms with van der Waals surface area (Å²) in [7, 11) is 0. The zero-order valence-corrected chi connectivity index (χ0v) is 12.8. The molecule has 3 rings (SSSR count). The van der Waals surface area contributed by atoms with E-state index < -0.39 is 0 Å². The maximum Gasteiger partial charge on any atom is 0.324 e. The number of anilines is 1. The lowest BCUT2D eigenvalue weighted by molar-refractivity contribution is -0.759. The Morgan fingerprint density at radius 2 is 2.26 bits per heavy atom. The minimum atomic E-state index is -0.390. The van der Waals surface area contributed by atoms with Crippen molar-refractivity contribution in [2.24, 2.45) is 4.99 Å². The number of ether oxygens (including phenoxy) is 1. The topological polar surface area (TPSA) is 142 Å². The Hall–Kier alpha value is -2.47.